The first-order valence-electron chi connectivity index (χ1n) is 6.75. The molecule has 0 N–H and O–H groups in total. The summed E-state index contributed by atoms with van der Waals surface area (Å²) in [6.45, 7) is 5.92. The Balaban J connectivity index is 4.36. The summed E-state index contributed by atoms with van der Waals surface area (Å²) in [5, 5.41) is 8.97. The van der Waals surface area contributed by atoms with Gasteiger partial charge in [-0.3, -0.25) is 13.6 Å². The lowest BCUT2D eigenvalue weighted by Gasteiger charge is -2.17. The van der Waals surface area contributed by atoms with Gasteiger partial charge in [0.2, 0.25) is 0 Å². The Hall–Kier alpha value is -0.660. The summed E-state index contributed by atoms with van der Waals surface area (Å²) in [6, 6.07) is 1.92. The maximum Gasteiger partial charge on any atom is 0.476 e. The second-order valence-corrected chi connectivity index (χ2v) is 5.48. The third kappa shape index (κ3) is 8.96. The molecule has 0 aliphatic heterocycles. The molecule has 0 heterocycles. The Morgan fingerprint density at radius 1 is 1.21 bits per heavy atom. The van der Waals surface area contributed by atoms with Crippen molar-refractivity contribution in [3.8, 4) is 6.07 Å². The largest absolute Gasteiger partial charge is 0.476 e. The first-order chi connectivity index (χ1) is 9.11. The van der Waals surface area contributed by atoms with E-state index in [0.29, 0.717) is 0 Å². The van der Waals surface area contributed by atoms with Gasteiger partial charge in [0, 0.05) is 0 Å². The number of unbranched alkanes of at least 4 members (excludes halogenated alkanes) is 3. The summed E-state index contributed by atoms with van der Waals surface area (Å²) in [5.74, 6) is 0. The molecule has 19 heavy (non-hydrogen) atoms. The summed E-state index contributed by atoms with van der Waals surface area (Å²) in [5.41, 5.74) is 0. The smallest absolute Gasteiger partial charge is 0.287 e. The van der Waals surface area contributed by atoms with Crippen molar-refractivity contribution in [2.75, 3.05) is 13.2 Å². The predicted octanol–water partition coefficient (Wildman–Crippen LogP) is 4.21. The van der Waals surface area contributed by atoms with Gasteiger partial charge in [0.15, 0.2) is 6.10 Å². The number of rotatable bonds is 11. The number of allylic oxidation sites excluding steroid dienone is 1. The minimum absolute atomic E-state index is 0.204. The van der Waals surface area contributed by atoms with Crippen LogP contribution in [0.25, 0.3) is 0 Å². The Morgan fingerprint density at radius 2 is 1.84 bits per heavy atom. The van der Waals surface area contributed by atoms with Crippen LogP contribution in [0.2, 0.25) is 0 Å². The maximum atomic E-state index is 12.1. The molecule has 0 amide bonds. The molecule has 0 aromatic rings. The first-order valence-corrected chi connectivity index (χ1v) is 8.21. The molecule has 5 nitrogen and oxygen atoms in total. The summed E-state index contributed by atoms with van der Waals surface area (Å²) >= 11 is 0. The summed E-state index contributed by atoms with van der Waals surface area (Å²) in [7, 11) is -3.63. The van der Waals surface area contributed by atoms with Crippen molar-refractivity contribution >= 4 is 7.82 Å². The van der Waals surface area contributed by atoms with E-state index in [1.54, 1.807) is 19.9 Å². The van der Waals surface area contributed by atoms with Crippen molar-refractivity contribution in [3.05, 3.63) is 12.2 Å². The van der Waals surface area contributed by atoms with Gasteiger partial charge in [-0.25, -0.2) is 4.57 Å². The molecular formula is C13H24NO4P. The number of phosphoric ester groups is 1. The van der Waals surface area contributed by atoms with Gasteiger partial charge >= 0.3 is 7.82 Å². The van der Waals surface area contributed by atoms with Gasteiger partial charge in [0.05, 0.1) is 19.3 Å². The molecule has 0 aliphatic carbocycles. The molecule has 0 spiro atoms. The van der Waals surface area contributed by atoms with E-state index in [1.807, 2.05) is 12.1 Å². The van der Waals surface area contributed by atoms with Crippen LogP contribution in [0.15, 0.2) is 12.2 Å². The lowest BCUT2D eigenvalue weighted by Crippen LogP contribution is -2.09. The lowest BCUT2D eigenvalue weighted by molar-refractivity contribution is 0.116. The molecule has 0 saturated carbocycles. The molecule has 0 unspecified atom stereocenters. The van der Waals surface area contributed by atoms with Gasteiger partial charge < -0.3 is 0 Å². The summed E-state index contributed by atoms with van der Waals surface area (Å²) in [6.07, 6.45) is 6.80. The highest BCUT2D eigenvalue weighted by atomic mass is 31.2. The monoisotopic (exact) mass is 289 g/mol. The van der Waals surface area contributed by atoms with Gasteiger partial charge in [-0.15, -0.1) is 0 Å². The second kappa shape index (κ2) is 11.2. The van der Waals surface area contributed by atoms with Crippen LogP contribution in [-0.4, -0.2) is 19.3 Å². The van der Waals surface area contributed by atoms with Crippen LogP contribution in [0.4, 0.5) is 0 Å². The molecule has 0 aromatic heterocycles. The number of nitrogens with zero attached hydrogens (tertiary/aromatic N) is 1. The molecule has 1 atom stereocenters. The van der Waals surface area contributed by atoms with Gasteiger partial charge in [-0.2, -0.15) is 5.26 Å². The van der Waals surface area contributed by atoms with Crippen LogP contribution in [0.5, 0.6) is 0 Å². The van der Waals surface area contributed by atoms with E-state index < -0.39 is 13.9 Å². The fraction of sp³-hybridized carbons (Fsp3) is 0.769. The van der Waals surface area contributed by atoms with E-state index in [9.17, 15) is 4.57 Å². The van der Waals surface area contributed by atoms with Crippen molar-refractivity contribution in [3.63, 3.8) is 0 Å². The molecule has 0 aromatic carbocycles. The first kappa shape index (κ1) is 18.3. The van der Waals surface area contributed by atoms with E-state index in [4.69, 9.17) is 18.8 Å². The summed E-state index contributed by atoms with van der Waals surface area (Å²) < 4.78 is 27.2. The fourth-order valence-electron chi connectivity index (χ4n) is 1.39. The van der Waals surface area contributed by atoms with E-state index in [2.05, 4.69) is 6.92 Å². The number of phosphoric acid groups is 1. The quantitative estimate of drug-likeness (QED) is 0.324. The SMILES string of the molecule is CCCCC/C=C/[C@@H](C#N)OP(=O)(OCC)OCC. The van der Waals surface area contributed by atoms with E-state index in [0.717, 1.165) is 25.7 Å². The standard InChI is InChI=1S/C13H24NO4P/c1-4-7-8-9-10-11-13(12-14)18-19(15,16-5-2)17-6-3/h10-11,13H,4-9H2,1-3H3/b11-10+/t13-/m0/s1. The minimum atomic E-state index is -3.63. The average molecular weight is 289 g/mol. The molecule has 6 heteroatoms. The molecule has 110 valence electrons. The third-order valence-corrected chi connectivity index (χ3v) is 3.86. The number of hydrogen-bond donors (Lipinski definition) is 0. The van der Waals surface area contributed by atoms with Crippen molar-refractivity contribution in [2.45, 2.75) is 52.6 Å². The topological polar surface area (TPSA) is 68.5 Å². The van der Waals surface area contributed by atoms with E-state index in [1.165, 1.54) is 0 Å². The molecule has 0 bridgehead atoms. The highest BCUT2D eigenvalue weighted by molar-refractivity contribution is 7.48. The van der Waals surface area contributed by atoms with Crippen molar-refractivity contribution in [1.82, 2.24) is 0 Å². The molecule has 0 radical (unpaired) electrons. The normalized spacial score (nSPS) is 13.6. The Kier molecular flexibility index (Phi) is 10.8. The fourth-order valence-corrected chi connectivity index (χ4v) is 2.61. The van der Waals surface area contributed by atoms with Crippen LogP contribution in [-0.2, 0) is 18.1 Å². The molecule has 0 aliphatic rings. The average Bonchev–Trinajstić information content (AvgIpc) is 2.37. The van der Waals surface area contributed by atoms with Crippen molar-refractivity contribution in [1.29, 1.82) is 5.26 Å². The number of nitriles is 1. The predicted molar refractivity (Wildman–Crippen MR) is 74.6 cm³/mol. The van der Waals surface area contributed by atoms with E-state index >= 15 is 0 Å². The summed E-state index contributed by atoms with van der Waals surface area (Å²) in [4.78, 5) is 0. The van der Waals surface area contributed by atoms with Gasteiger partial charge in [0.25, 0.3) is 0 Å². The minimum Gasteiger partial charge on any atom is -0.287 e. The van der Waals surface area contributed by atoms with Crippen LogP contribution >= 0.6 is 7.82 Å². The van der Waals surface area contributed by atoms with Crippen LogP contribution in [0.3, 0.4) is 0 Å². The van der Waals surface area contributed by atoms with Crippen molar-refractivity contribution in [2.24, 2.45) is 0 Å². The van der Waals surface area contributed by atoms with Crippen LogP contribution in [0.1, 0.15) is 46.5 Å². The lowest BCUT2D eigenvalue weighted by atomic mass is 10.2. The van der Waals surface area contributed by atoms with Crippen LogP contribution < -0.4 is 0 Å². The van der Waals surface area contributed by atoms with Crippen molar-refractivity contribution < 1.29 is 18.1 Å². The maximum absolute atomic E-state index is 12.1. The highest BCUT2D eigenvalue weighted by Crippen LogP contribution is 2.50. The Bertz CT molecular complexity index is 328. The Morgan fingerprint density at radius 3 is 2.32 bits per heavy atom. The van der Waals surface area contributed by atoms with Crippen LogP contribution in [0, 0.1) is 11.3 Å². The van der Waals surface area contributed by atoms with Gasteiger partial charge in [-0.05, 0) is 32.8 Å². The zero-order chi connectivity index (χ0) is 14.6. The van der Waals surface area contributed by atoms with Gasteiger partial charge in [0.1, 0.15) is 0 Å². The third-order valence-electron chi connectivity index (χ3n) is 2.23. The zero-order valence-corrected chi connectivity index (χ0v) is 12.9. The zero-order valence-electron chi connectivity index (χ0n) is 12.0. The molecular weight excluding hydrogens is 265 g/mol. The molecule has 0 saturated heterocycles. The Labute approximate surface area is 116 Å². The van der Waals surface area contributed by atoms with E-state index in [-0.39, 0.29) is 13.2 Å². The number of hydrogen-bond acceptors (Lipinski definition) is 5. The highest BCUT2D eigenvalue weighted by Gasteiger charge is 2.28. The molecule has 0 fully saturated rings. The van der Waals surface area contributed by atoms with Gasteiger partial charge in [-0.1, -0.05) is 25.8 Å². The molecule has 0 rings (SSSR count). The second-order valence-electron chi connectivity index (χ2n) is 3.86.